The van der Waals surface area contributed by atoms with E-state index in [1.807, 2.05) is 0 Å². The van der Waals surface area contributed by atoms with Crippen LogP contribution in [0.3, 0.4) is 0 Å². The molecule has 1 spiro atoms. The third-order valence-electron chi connectivity index (χ3n) is 10.4. The molecule has 0 bridgehead atoms. The quantitative estimate of drug-likeness (QED) is 0.356. The molecule has 0 fully saturated rings. The van der Waals surface area contributed by atoms with Gasteiger partial charge in [0.25, 0.3) is 0 Å². The normalized spacial score (nSPS) is 32.3. The van der Waals surface area contributed by atoms with Crippen molar-refractivity contribution < 1.29 is 14.2 Å². The smallest absolute Gasteiger partial charge is 0.235 e. The second-order valence-corrected chi connectivity index (χ2v) is 12.3. The molecule has 6 aliphatic rings. The topological polar surface area (TPSA) is 27.7 Å². The molecule has 0 saturated heterocycles. The van der Waals surface area contributed by atoms with E-state index in [-0.39, 0.29) is 18.1 Å². The molecule has 5 atom stereocenters. The molecule has 9 rings (SSSR count). The summed E-state index contributed by atoms with van der Waals surface area (Å²) in [6.45, 7) is 7.15. The minimum atomic E-state index is -0.460. The number of rotatable bonds is 0. The molecule has 2 aliphatic carbocycles. The highest BCUT2D eigenvalue weighted by Gasteiger charge is 2.64. The van der Waals surface area contributed by atoms with Crippen LogP contribution in [0.1, 0.15) is 50.3 Å². The van der Waals surface area contributed by atoms with Gasteiger partial charge in [-0.2, -0.15) is 0 Å². The van der Waals surface area contributed by atoms with Gasteiger partial charge in [0.05, 0.1) is 5.41 Å². The van der Waals surface area contributed by atoms with Gasteiger partial charge in [0, 0.05) is 11.4 Å². The Morgan fingerprint density at radius 3 is 2.37 bits per heavy atom. The van der Waals surface area contributed by atoms with Crippen molar-refractivity contribution in [1.82, 2.24) is 0 Å². The molecule has 3 nitrogen and oxygen atoms in total. The van der Waals surface area contributed by atoms with Crippen molar-refractivity contribution >= 4 is 17.6 Å². The third kappa shape index (κ3) is 2.27. The first-order valence-electron chi connectivity index (χ1n) is 14.0. The van der Waals surface area contributed by atoms with Crippen LogP contribution in [0.5, 0.6) is 17.2 Å². The number of benzene rings is 3. The summed E-state index contributed by atoms with van der Waals surface area (Å²) in [4.78, 5) is 0. The maximum atomic E-state index is 7.09. The Morgan fingerprint density at radius 1 is 0.816 bits per heavy atom. The van der Waals surface area contributed by atoms with Gasteiger partial charge in [-0.1, -0.05) is 62.4 Å². The first-order chi connectivity index (χ1) is 18.5. The molecule has 0 N–H and O–H groups in total. The monoisotopic (exact) mass is 496 g/mol. The standard InChI is InChI=1S/C34H29BO3/c1-19-14-16-26-24(18-19)34(21-8-4-5-11-25(21)36-26)22-9-6-12-27-30(22)35-31-23(34)10-7-13-28(31)38-33(3)20(2)15-17-29(37-27)32(33)35/h4-14,16-17,19-20,32H,15,18H2,1-3H3/t19?,20?,32?,33-,34?/m0/s1. The number of ether oxygens (including phenoxy) is 3. The number of hydrogen-bond acceptors (Lipinski definition) is 3. The summed E-state index contributed by atoms with van der Waals surface area (Å²) in [7, 11) is 0. The Morgan fingerprint density at radius 2 is 1.53 bits per heavy atom. The van der Waals surface area contributed by atoms with E-state index >= 15 is 0 Å². The van der Waals surface area contributed by atoms with E-state index in [0.29, 0.717) is 11.8 Å². The minimum absolute atomic E-state index is 0.152. The van der Waals surface area contributed by atoms with Gasteiger partial charge in [-0.15, -0.1) is 0 Å². The molecule has 4 heterocycles. The molecular weight excluding hydrogens is 467 g/mol. The Hall–Kier alpha value is -3.66. The van der Waals surface area contributed by atoms with Crippen molar-refractivity contribution in [3.63, 3.8) is 0 Å². The summed E-state index contributed by atoms with van der Waals surface area (Å²) in [6, 6.07) is 22.1. The Kier molecular flexibility index (Phi) is 3.84. The summed E-state index contributed by atoms with van der Waals surface area (Å²) in [5, 5.41) is 0. The van der Waals surface area contributed by atoms with Gasteiger partial charge in [0.2, 0.25) is 6.71 Å². The zero-order valence-corrected chi connectivity index (χ0v) is 22.0. The van der Waals surface area contributed by atoms with E-state index in [0.717, 1.165) is 41.6 Å². The summed E-state index contributed by atoms with van der Waals surface area (Å²) in [5.74, 6) is 6.01. The van der Waals surface area contributed by atoms with Gasteiger partial charge < -0.3 is 14.2 Å². The summed E-state index contributed by atoms with van der Waals surface area (Å²) >= 11 is 0. The van der Waals surface area contributed by atoms with Crippen LogP contribution in [0, 0.1) is 11.8 Å². The maximum Gasteiger partial charge on any atom is 0.235 e. The molecule has 3 aromatic carbocycles. The fourth-order valence-corrected chi connectivity index (χ4v) is 8.59. The Bertz CT molecular complexity index is 1680. The molecule has 38 heavy (non-hydrogen) atoms. The summed E-state index contributed by atoms with van der Waals surface area (Å²) in [5.41, 5.74) is 7.14. The van der Waals surface area contributed by atoms with Crippen molar-refractivity contribution in [3.05, 3.63) is 113 Å². The molecule has 3 aromatic rings. The zero-order chi connectivity index (χ0) is 25.4. The van der Waals surface area contributed by atoms with E-state index in [1.165, 1.54) is 33.2 Å². The fourth-order valence-electron chi connectivity index (χ4n) is 8.59. The highest BCUT2D eigenvalue weighted by molar-refractivity contribution is 6.90. The number of fused-ring (bicyclic) bond motifs is 5. The molecule has 0 aromatic heterocycles. The molecule has 0 radical (unpaired) electrons. The molecule has 0 saturated carbocycles. The van der Waals surface area contributed by atoms with Gasteiger partial charge in [-0.05, 0) is 89.6 Å². The zero-order valence-electron chi connectivity index (χ0n) is 22.0. The molecule has 4 heteroatoms. The van der Waals surface area contributed by atoms with Crippen LogP contribution in [0.15, 0.2) is 96.0 Å². The fraction of sp³-hybridized carbons (Fsp3) is 0.294. The Labute approximate surface area is 223 Å². The predicted molar refractivity (Wildman–Crippen MR) is 150 cm³/mol. The lowest BCUT2D eigenvalue weighted by Crippen LogP contribution is -2.70. The van der Waals surface area contributed by atoms with E-state index in [1.54, 1.807) is 0 Å². The molecule has 4 unspecified atom stereocenters. The van der Waals surface area contributed by atoms with Gasteiger partial charge in [-0.3, -0.25) is 0 Å². The van der Waals surface area contributed by atoms with Gasteiger partial charge in [-0.25, -0.2) is 0 Å². The number of para-hydroxylation sites is 1. The van der Waals surface area contributed by atoms with Gasteiger partial charge in [0.15, 0.2) is 0 Å². The van der Waals surface area contributed by atoms with Crippen LogP contribution in [0.25, 0.3) is 0 Å². The van der Waals surface area contributed by atoms with Gasteiger partial charge >= 0.3 is 0 Å². The van der Waals surface area contributed by atoms with Crippen molar-refractivity contribution in [2.45, 2.75) is 50.4 Å². The summed E-state index contributed by atoms with van der Waals surface area (Å²) in [6.07, 6.45) is 8.72. The number of allylic oxidation sites excluding steroid dienone is 4. The van der Waals surface area contributed by atoms with E-state index in [4.69, 9.17) is 14.2 Å². The average Bonchev–Trinajstić information content (AvgIpc) is 2.93. The van der Waals surface area contributed by atoms with Crippen LogP contribution >= 0.6 is 0 Å². The second kappa shape index (κ2) is 6.85. The first-order valence-corrected chi connectivity index (χ1v) is 14.0. The van der Waals surface area contributed by atoms with E-state index < -0.39 is 5.41 Å². The summed E-state index contributed by atoms with van der Waals surface area (Å²) < 4.78 is 20.5. The maximum absolute atomic E-state index is 7.09. The van der Waals surface area contributed by atoms with Crippen molar-refractivity contribution in [2.24, 2.45) is 11.8 Å². The third-order valence-corrected chi connectivity index (χ3v) is 10.4. The van der Waals surface area contributed by atoms with Crippen molar-refractivity contribution in [2.75, 3.05) is 0 Å². The molecule has 4 aliphatic heterocycles. The van der Waals surface area contributed by atoms with Crippen molar-refractivity contribution in [3.8, 4) is 17.2 Å². The number of hydrogen-bond donors (Lipinski definition) is 0. The van der Waals surface area contributed by atoms with Gasteiger partial charge in [0.1, 0.15) is 34.4 Å². The lowest BCUT2D eigenvalue weighted by molar-refractivity contribution is 0.0142. The molecule has 0 amide bonds. The average molecular weight is 496 g/mol. The SMILES string of the molecule is CC1C=CC2=C(C1)C1(c3ccccc3O2)c2cccc3c2B2c4c(cccc41)O[C@@]1(C)C(C)CC=C(O3)C21. The lowest BCUT2D eigenvalue weighted by atomic mass is 9.23. The molecule has 186 valence electrons. The van der Waals surface area contributed by atoms with Crippen molar-refractivity contribution in [1.29, 1.82) is 0 Å². The highest BCUT2D eigenvalue weighted by Crippen LogP contribution is 2.60. The minimum Gasteiger partial charge on any atom is -0.488 e. The van der Waals surface area contributed by atoms with Crippen LogP contribution in [0.2, 0.25) is 5.82 Å². The largest absolute Gasteiger partial charge is 0.488 e. The van der Waals surface area contributed by atoms with Crippen LogP contribution in [0.4, 0.5) is 0 Å². The Balaban J connectivity index is 1.48. The highest BCUT2D eigenvalue weighted by atomic mass is 16.5. The molecular formula is C34H29BO3. The first kappa shape index (κ1) is 21.3. The van der Waals surface area contributed by atoms with E-state index in [9.17, 15) is 0 Å². The lowest BCUT2D eigenvalue weighted by Gasteiger charge is -2.58. The van der Waals surface area contributed by atoms with Crippen LogP contribution < -0.4 is 25.1 Å². The second-order valence-electron chi connectivity index (χ2n) is 12.3. The van der Waals surface area contributed by atoms with Crippen LogP contribution in [-0.4, -0.2) is 12.3 Å². The van der Waals surface area contributed by atoms with Crippen LogP contribution in [-0.2, 0) is 5.41 Å². The predicted octanol–water partition coefficient (Wildman–Crippen LogP) is 6.02. The van der Waals surface area contributed by atoms with E-state index in [2.05, 4.69) is 99.7 Å².